The van der Waals surface area contributed by atoms with Crippen LogP contribution >= 0.6 is 0 Å². The number of carbonyl (C=O) groups excluding carboxylic acids is 2. The zero-order valence-corrected chi connectivity index (χ0v) is 59.0. The quantitative estimate of drug-likeness (QED) is 0.0320. The SMILES string of the molecule is CCCCCCCCCCCCC/C=C/C(O)C(CO)NC(=O)CCCCCCCCCCCCCCCCCCC/C=C\C/C=C\CCCCCCCCCCCCCCCCCOC(=O)CCCCCCCCCCCCCCCCCCCC. The first-order chi connectivity index (χ1) is 43.0. The van der Waals surface area contributed by atoms with Gasteiger partial charge in [0.15, 0.2) is 0 Å². The molecule has 0 aromatic rings. The third-order valence-electron chi connectivity index (χ3n) is 18.7. The third kappa shape index (κ3) is 73.0. The summed E-state index contributed by atoms with van der Waals surface area (Å²) in [6.45, 7) is 4.94. The van der Waals surface area contributed by atoms with Crippen LogP contribution in [0.2, 0.25) is 0 Å². The Balaban J connectivity index is 3.34. The topological polar surface area (TPSA) is 95.9 Å². The number of aliphatic hydroxyl groups is 2. The number of hydrogen-bond acceptors (Lipinski definition) is 5. The van der Waals surface area contributed by atoms with Gasteiger partial charge in [-0.1, -0.05) is 403 Å². The lowest BCUT2D eigenvalue weighted by molar-refractivity contribution is -0.143. The van der Waals surface area contributed by atoms with Gasteiger partial charge in [0, 0.05) is 12.8 Å². The Morgan fingerprint density at radius 3 is 0.874 bits per heavy atom. The number of rotatable bonds is 75. The molecule has 0 rings (SSSR count). The van der Waals surface area contributed by atoms with Gasteiger partial charge in [-0.3, -0.25) is 9.59 Å². The molecule has 0 heterocycles. The molecule has 0 spiro atoms. The Bertz CT molecular complexity index is 1410. The molecule has 6 nitrogen and oxygen atoms in total. The lowest BCUT2D eigenvalue weighted by Gasteiger charge is -2.20. The van der Waals surface area contributed by atoms with E-state index in [1.807, 2.05) is 6.08 Å². The first kappa shape index (κ1) is 85.1. The minimum atomic E-state index is -0.842. The fourth-order valence-corrected chi connectivity index (χ4v) is 12.6. The van der Waals surface area contributed by atoms with Crippen LogP contribution in [-0.2, 0) is 14.3 Å². The van der Waals surface area contributed by atoms with Gasteiger partial charge in [-0.2, -0.15) is 0 Å². The van der Waals surface area contributed by atoms with Crippen LogP contribution in [0.25, 0.3) is 0 Å². The molecule has 0 saturated carbocycles. The van der Waals surface area contributed by atoms with E-state index in [4.69, 9.17) is 4.74 Å². The molecular weight excluding hydrogens is 1070 g/mol. The molecule has 0 aliphatic heterocycles. The van der Waals surface area contributed by atoms with Crippen LogP contribution < -0.4 is 5.32 Å². The van der Waals surface area contributed by atoms with E-state index in [1.165, 1.54) is 372 Å². The highest BCUT2D eigenvalue weighted by Crippen LogP contribution is 2.20. The maximum absolute atomic E-state index is 12.5. The summed E-state index contributed by atoms with van der Waals surface area (Å²) in [5.74, 6) is -0.0379. The van der Waals surface area contributed by atoms with Crippen LogP contribution in [-0.4, -0.2) is 47.4 Å². The first-order valence-corrected chi connectivity index (χ1v) is 39.8. The summed E-state index contributed by atoms with van der Waals surface area (Å²) in [6, 6.07) is -0.625. The summed E-state index contributed by atoms with van der Waals surface area (Å²) in [7, 11) is 0. The second-order valence-corrected chi connectivity index (χ2v) is 27.4. The molecule has 6 heteroatoms. The first-order valence-electron chi connectivity index (χ1n) is 39.8. The minimum absolute atomic E-state index is 0.0253. The van der Waals surface area contributed by atoms with Crippen molar-refractivity contribution in [3.05, 3.63) is 36.5 Å². The maximum Gasteiger partial charge on any atom is 0.305 e. The standard InChI is InChI=1S/C81H155NO5/c1-3-5-7-9-11-13-15-17-18-19-44-47-51-55-59-63-67-71-75-81(86)87-76-72-68-64-60-56-52-48-45-42-40-38-36-34-32-30-28-26-24-22-20-21-23-25-27-29-31-33-35-37-39-41-43-46-50-54-58-62-66-70-74-80(85)82-78(77-83)79(84)73-69-65-61-57-53-49-16-14-12-10-8-6-4-2/h20-21,24,26,69,73,78-79,83-84H,3-19,22-23,25,27-68,70-72,74-77H2,1-2H3,(H,82,85)/b21-20-,26-24-,73-69+. The van der Waals surface area contributed by atoms with Crippen molar-refractivity contribution in [3.8, 4) is 0 Å². The summed E-state index contributed by atoms with van der Waals surface area (Å²) >= 11 is 0. The van der Waals surface area contributed by atoms with E-state index < -0.39 is 12.1 Å². The van der Waals surface area contributed by atoms with Gasteiger partial charge in [-0.25, -0.2) is 0 Å². The van der Waals surface area contributed by atoms with Crippen molar-refractivity contribution in [2.75, 3.05) is 13.2 Å². The normalized spacial score (nSPS) is 12.6. The fourth-order valence-electron chi connectivity index (χ4n) is 12.6. The molecule has 514 valence electrons. The number of hydrogen-bond donors (Lipinski definition) is 3. The molecule has 0 aliphatic rings. The van der Waals surface area contributed by atoms with Gasteiger partial charge in [-0.15, -0.1) is 0 Å². The maximum atomic E-state index is 12.5. The highest BCUT2D eigenvalue weighted by Gasteiger charge is 2.18. The van der Waals surface area contributed by atoms with Gasteiger partial charge < -0.3 is 20.3 Å². The molecule has 0 aromatic carbocycles. The van der Waals surface area contributed by atoms with Crippen molar-refractivity contribution in [2.45, 2.75) is 456 Å². The van der Waals surface area contributed by atoms with E-state index in [2.05, 4.69) is 43.5 Å². The predicted molar refractivity (Wildman–Crippen MR) is 384 cm³/mol. The number of esters is 1. The van der Waals surface area contributed by atoms with Crippen LogP contribution in [0, 0.1) is 0 Å². The van der Waals surface area contributed by atoms with Crippen molar-refractivity contribution in [3.63, 3.8) is 0 Å². The highest BCUT2D eigenvalue weighted by atomic mass is 16.5. The Labute approximate surface area is 544 Å². The van der Waals surface area contributed by atoms with Crippen molar-refractivity contribution in [1.29, 1.82) is 0 Å². The van der Waals surface area contributed by atoms with E-state index in [1.54, 1.807) is 6.08 Å². The van der Waals surface area contributed by atoms with E-state index in [0.717, 1.165) is 44.9 Å². The summed E-state index contributed by atoms with van der Waals surface area (Å²) < 4.78 is 5.52. The fraction of sp³-hybridized carbons (Fsp3) is 0.901. The van der Waals surface area contributed by atoms with Crippen molar-refractivity contribution in [1.82, 2.24) is 5.32 Å². The molecule has 0 aromatic heterocycles. The smallest absolute Gasteiger partial charge is 0.305 e. The monoisotopic (exact) mass is 1220 g/mol. The number of amides is 1. The second-order valence-electron chi connectivity index (χ2n) is 27.4. The van der Waals surface area contributed by atoms with E-state index in [0.29, 0.717) is 19.4 Å². The van der Waals surface area contributed by atoms with Crippen molar-refractivity contribution < 1.29 is 24.5 Å². The molecule has 87 heavy (non-hydrogen) atoms. The molecular formula is C81H155NO5. The number of ether oxygens (including phenoxy) is 1. The number of carbonyl (C=O) groups is 2. The zero-order valence-electron chi connectivity index (χ0n) is 59.0. The van der Waals surface area contributed by atoms with E-state index in [-0.39, 0.29) is 18.5 Å². The molecule has 0 fully saturated rings. The third-order valence-corrected chi connectivity index (χ3v) is 18.7. The molecule has 1 amide bonds. The zero-order chi connectivity index (χ0) is 62.8. The van der Waals surface area contributed by atoms with Gasteiger partial charge in [0.2, 0.25) is 5.91 Å². The van der Waals surface area contributed by atoms with Crippen LogP contribution in [0.4, 0.5) is 0 Å². The number of aliphatic hydroxyl groups excluding tert-OH is 2. The minimum Gasteiger partial charge on any atom is -0.466 e. The van der Waals surface area contributed by atoms with Crippen molar-refractivity contribution in [2.24, 2.45) is 0 Å². The van der Waals surface area contributed by atoms with Gasteiger partial charge in [0.1, 0.15) is 0 Å². The molecule has 3 N–H and O–H groups in total. The summed E-state index contributed by atoms with van der Waals surface area (Å²) in [4.78, 5) is 24.6. The second kappa shape index (κ2) is 76.5. The van der Waals surface area contributed by atoms with Crippen LogP contribution in [0.5, 0.6) is 0 Å². The Hall–Kier alpha value is -1.92. The van der Waals surface area contributed by atoms with E-state index >= 15 is 0 Å². The van der Waals surface area contributed by atoms with Crippen LogP contribution in [0.3, 0.4) is 0 Å². The van der Waals surface area contributed by atoms with E-state index in [9.17, 15) is 19.8 Å². The van der Waals surface area contributed by atoms with Gasteiger partial charge in [-0.05, 0) is 64.2 Å². The Morgan fingerprint density at radius 2 is 0.575 bits per heavy atom. The summed E-state index contributed by atoms with van der Waals surface area (Å²) in [5, 5.41) is 23.1. The molecule has 2 unspecified atom stereocenters. The Morgan fingerprint density at radius 1 is 0.322 bits per heavy atom. The Kier molecular flexibility index (Phi) is 74.8. The molecule has 0 aliphatic carbocycles. The van der Waals surface area contributed by atoms with Gasteiger partial charge in [0.05, 0.1) is 25.4 Å². The lowest BCUT2D eigenvalue weighted by atomic mass is 10.0. The number of unbranched alkanes of at least 4 members (excludes halogenated alkanes) is 60. The molecule has 0 radical (unpaired) electrons. The average Bonchev–Trinajstić information content (AvgIpc) is 3.53. The number of allylic oxidation sites excluding steroid dienone is 5. The average molecular weight is 1220 g/mol. The summed E-state index contributed by atoms with van der Waals surface area (Å²) in [6.07, 6.45) is 100.0. The van der Waals surface area contributed by atoms with Gasteiger partial charge in [0.25, 0.3) is 0 Å². The van der Waals surface area contributed by atoms with Gasteiger partial charge >= 0.3 is 5.97 Å². The predicted octanol–water partition coefficient (Wildman–Crippen LogP) is 26.2. The lowest BCUT2D eigenvalue weighted by Crippen LogP contribution is -2.45. The van der Waals surface area contributed by atoms with Crippen molar-refractivity contribution >= 4 is 11.9 Å². The molecule has 2 atom stereocenters. The van der Waals surface area contributed by atoms with Crippen LogP contribution in [0.1, 0.15) is 444 Å². The summed E-state index contributed by atoms with van der Waals surface area (Å²) in [5.41, 5.74) is 0. The highest BCUT2D eigenvalue weighted by molar-refractivity contribution is 5.76. The molecule has 0 saturated heterocycles. The van der Waals surface area contributed by atoms with Crippen LogP contribution in [0.15, 0.2) is 36.5 Å². The largest absolute Gasteiger partial charge is 0.466 e. The molecule has 0 bridgehead atoms. The number of nitrogens with one attached hydrogen (secondary N) is 1.